The van der Waals surface area contributed by atoms with Gasteiger partial charge in [0, 0.05) is 9.86 Å². The van der Waals surface area contributed by atoms with Crippen LogP contribution in [0.2, 0.25) is 5.15 Å². The van der Waals surface area contributed by atoms with Crippen molar-refractivity contribution >= 4 is 38.4 Å². The van der Waals surface area contributed by atoms with Crippen molar-refractivity contribution in [1.82, 2.24) is 4.98 Å². The van der Waals surface area contributed by atoms with Crippen molar-refractivity contribution in [3.63, 3.8) is 0 Å². The van der Waals surface area contributed by atoms with Crippen molar-refractivity contribution in [3.05, 3.63) is 39.2 Å². The third kappa shape index (κ3) is 1.51. The van der Waals surface area contributed by atoms with Crippen LogP contribution in [0.15, 0.2) is 22.7 Å². The van der Waals surface area contributed by atoms with E-state index < -0.39 is 0 Å². The van der Waals surface area contributed by atoms with Crippen LogP contribution in [0.25, 0.3) is 10.9 Å². The predicted molar refractivity (Wildman–Crippen MR) is 59.1 cm³/mol. The van der Waals surface area contributed by atoms with Gasteiger partial charge in [-0.25, -0.2) is 9.37 Å². The fourth-order valence-electron chi connectivity index (χ4n) is 1.31. The number of benzene rings is 1. The third-order valence-corrected chi connectivity index (χ3v) is 3.23. The molecule has 0 unspecified atom stereocenters. The first kappa shape index (κ1) is 9.87. The number of pyridine rings is 1. The molecule has 0 saturated heterocycles. The average Bonchev–Trinajstić information content (AvgIpc) is 2.14. The Kier molecular flexibility index (Phi) is 2.45. The molecule has 2 rings (SSSR count). The highest BCUT2D eigenvalue weighted by Crippen LogP contribution is 2.29. The summed E-state index contributed by atoms with van der Waals surface area (Å²) in [4.78, 5) is 4.08. The highest BCUT2D eigenvalue weighted by atomic mass is 79.9. The van der Waals surface area contributed by atoms with E-state index >= 15 is 0 Å². The van der Waals surface area contributed by atoms with Crippen LogP contribution < -0.4 is 0 Å². The summed E-state index contributed by atoms with van der Waals surface area (Å²) in [5, 5.41) is 0.843. The molecule has 0 aliphatic carbocycles. The number of aromatic nitrogens is 1. The molecule has 1 heterocycles. The fourth-order valence-corrected chi connectivity index (χ4v) is 1.88. The molecule has 0 bridgehead atoms. The predicted octanol–water partition coefficient (Wildman–Crippen LogP) is 4.10. The Morgan fingerprint density at radius 3 is 2.86 bits per heavy atom. The van der Waals surface area contributed by atoms with Gasteiger partial charge in [0.1, 0.15) is 11.0 Å². The van der Waals surface area contributed by atoms with Gasteiger partial charge in [-0.1, -0.05) is 11.6 Å². The zero-order chi connectivity index (χ0) is 10.3. The van der Waals surface area contributed by atoms with E-state index in [0.717, 1.165) is 10.0 Å². The number of hydrogen-bond donors (Lipinski definition) is 0. The van der Waals surface area contributed by atoms with E-state index in [2.05, 4.69) is 20.9 Å². The normalized spacial score (nSPS) is 10.9. The highest BCUT2D eigenvalue weighted by Gasteiger charge is 2.09. The van der Waals surface area contributed by atoms with Crippen LogP contribution >= 0.6 is 27.5 Å². The van der Waals surface area contributed by atoms with Crippen LogP contribution in [-0.4, -0.2) is 4.98 Å². The molecule has 0 aliphatic rings. The summed E-state index contributed by atoms with van der Waals surface area (Å²) in [6.07, 6.45) is 0. The van der Waals surface area contributed by atoms with Crippen LogP contribution in [0.5, 0.6) is 0 Å². The smallest absolute Gasteiger partial charge is 0.132 e. The van der Waals surface area contributed by atoms with Gasteiger partial charge < -0.3 is 0 Å². The van der Waals surface area contributed by atoms with Crippen molar-refractivity contribution in [2.45, 2.75) is 6.92 Å². The molecule has 0 saturated carbocycles. The van der Waals surface area contributed by atoms with E-state index in [1.807, 2.05) is 6.92 Å². The molecule has 72 valence electrons. The highest BCUT2D eigenvalue weighted by molar-refractivity contribution is 9.10. The van der Waals surface area contributed by atoms with Gasteiger partial charge in [-0.05, 0) is 46.6 Å². The lowest BCUT2D eigenvalue weighted by atomic mass is 10.1. The molecule has 4 heteroatoms. The molecule has 0 spiro atoms. The van der Waals surface area contributed by atoms with E-state index in [-0.39, 0.29) is 5.82 Å². The van der Waals surface area contributed by atoms with Gasteiger partial charge >= 0.3 is 0 Å². The molecule has 1 aromatic heterocycles. The zero-order valence-corrected chi connectivity index (χ0v) is 9.66. The minimum absolute atomic E-state index is 0.273. The summed E-state index contributed by atoms with van der Waals surface area (Å²) in [5.41, 5.74) is 1.37. The number of hydrogen-bond acceptors (Lipinski definition) is 1. The van der Waals surface area contributed by atoms with Crippen molar-refractivity contribution in [3.8, 4) is 0 Å². The molecule has 1 nitrogen and oxygen atoms in total. The minimum atomic E-state index is -0.273. The van der Waals surface area contributed by atoms with E-state index in [1.54, 1.807) is 12.1 Å². The number of aryl methyl sites for hydroxylation is 1. The van der Waals surface area contributed by atoms with E-state index in [0.29, 0.717) is 16.1 Å². The van der Waals surface area contributed by atoms with Crippen LogP contribution in [0.3, 0.4) is 0 Å². The SMILES string of the molecule is Cc1cc(F)c2ccc(Cl)nc2c1Br. The van der Waals surface area contributed by atoms with E-state index in [1.165, 1.54) is 6.07 Å². The van der Waals surface area contributed by atoms with E-state index in [9.17, 15) is 4.39 Å². The maximum absolute atomic E-state index is 13.5. The first-order valence-corrected chi connectivity index (χ1v) is 5.17. The molecule has 0 fully saturated rings. The summed E-state index contributed by atoms with van der Waals surface area (Å²) < 4.78 is 14.2. The average molecular weight is 275 g/mol. The second kappa shape index (κ2) is 3.48. The number of nitrogens with zero attached hydrogens (tertiary/aromatic N) is 1. The first-order valence-electron chi connectivity index (χ1n) is 4.00. The Bertz CT molecular complexity index is 513. The molecule has 0 amide bonds. The molecule has 14 heavy (non-hydrogen) atoms. The van der Waals surface area contributed by atoms with Gasteiger partial charge in [-0.2, -0.15) is 0 Å². The maximum atomic E-state index is 13.5. The molecule has 0 aliphatic heterocycles. The molecule has 0 radical (unpaired) electrons. The molecular weight excluding hydrogens is 268 g/mol. The Morgan fingerprint density at radius 2 is 2.14 bits per heavy atom. The van der Waals surface area contributed by atoms with Crippen molar-refractivity contribution in [2.75, 3.05) is 0 Å². The Labute approximate surface area is 94.0 Å². The number of halogens is 3. The zero-order valence-electron chi connectivity index (χ0n) is 7.31. The number of fused-ring (bicyclic) bond motifs is 1. The standard InChI is InChI=1S/C10H6BrClFN/c1-5-4-7(13)6-2-3-8(12)14-10(6)9(5)11/h2-4H,1H3. The Balaban J connectivity index is 2.95. The minimum Gasteiger partial charge on any atom is -0.235 e. The first-order chi connectivity index (χ1) is 6.59. The molecule has 1 aromatic carbocycles. The largest absolute Gasteiger partial charge is 0.235 e. The summed E-state index contributed by atoms with van der Waals surface area (Å²) in [6, 6.07) is 4.68. The molecule has 0 atom stereocenters. The summed E-state index contributed by atoms with van der Waals surface area (Å²) in [6.45, 7) is 1.81. The molecule has 0 N–H and O–H groups in total. The fraction of sp³-hybridized carbons (Fsp3) is 0.100. The third-order valence-electron chi connectivity index (χ3n) is 2.02. The van der Waals surface area contributed by atoms with Gasteiger partial charge in [0.05, 0.1) is 5.52 Å². The van der Waals surface area contributed by atoms with Crippen LogP contribution in [0.4, 0.5) is 4.39 Å². The van der Waals surface area contributed by atoms with Crippen molar-refractivity contribution in [2.24, 2.45) is 0 Å². The van der Waals surface area contributed by atoms with Crippen LogP contribution in [-0.2, 0) is 0 Å². The van der Waals surface area contributed by atoms with Gasteiger partial charge in [0.2, 0.25) is 0 Å². The topological polar surface area (TPSA) is 12.9 Å². The lowest BCUT2D eigenvalue weighted by Crippen LogP contribution is -1.88. The van der Waals surface area contributed by atoms with Crippen LogP contribution in [0, 0.1) is 12.7 Å². The quantitative estimate of drug-likeness (QED) is 0.659. The Morgan fingerprint density at radius 1 is 1.43 bits per heavy atom. The number of rotatable bonds is 0. The van der Waals surface area contributed by atoms with Crippen molar-refractivity contribution in [1.29, 1.82) is 0 Å². The lowest BCUT2D eigenvalue weighted by molar-refractivity contribution is 0.638. The van der Waals surface area contributed by atoms with Gasteiger partial charge in [-0.3, -0.25) is 0 Å². The van der Waals surface area contributed by atoms with Crippen molar-refractivity contribution < 1.29 is 4.39 Å². The summed E-state index contributed by atoms with van der Waals surface area (Å²) in [7, 11) is 0. The van der Waals surface area contributed by atoms with Gasteiger partial charge in [0.25, 0.3) is 0 Å². The summed E-state index contributed by atoms with van der Waals surface area (Å²) in [5.74, 6) is -0.273. The summed E-state index contributed by atoms with van der Waals surface area (Å²) >= 11 is 9.10. The van der Waals surface area contributed by atoms with Gasteiger partial charge in [-0.15, -0.1) is 0 Å². The van der Waals surface area contributed by atoms with Crippen LogP contribution in [0.1, 0.15) is 5.56 Å². The molecular formula is C10H6BrClFN. The second-order valence-corrected chi connectivity index (χ2v) is 4.20. The van der Waals surface area contributed by atoms with Gasteiger partial charge in [0.15, 0.2) is 0 Å². The van der Waals surface area contributed by atoms with E-state index in [4.69, 9.17) is 11.6 Å². The second-order valence-electron chi connectivity index (χ2n) is 3.02. The maximum Gasteiger partial charge on any atom is 0.132 e. The lowest BCUT2D eigenvalue weighted by Gasteiger charge is -2.04. The monoisotopic (exact) mass is 273 g/mol. The molecule has 2 aromatic rings. The Hall–Kier alpha value is -0.670.